The van der Waals surface area contributed by atoms with E-state index in [2.05, 4.69) is 41.8 Å². The summed E-state index contributed by atoms with van der Waals surface area (Å²) in [6, 6.07) is 8.07. The largest absolute Gasteiger partial charge is 0.383 e. The van der Waals surface area contributed by atoms with E-state index >= 15 is 0 Å². The summed E-state index contributed by atoms with van der Waals surface area (Å²) in [5.41, 5.74) is 2.42. The quantitative estimate of drug-likeness (QED) is 0.716. The highest BCUT2D eigenvalue weighted by atomic mass is 16.5. The van der Waals surface area contributed by atoms with Gasteiger partial charge in [-0.25, -0.2) is 0 Å². The normalized spacial score (nSPS) is 12.2. The number of carbonyl (C=O) groups excluding carboxylic acids is 1. The molecular weight excluding hydrogens is 228 g/mol. The van der Waals surface area contributed by atoms with Crippen molar-refractivity contribution in [2.45, 2.75) is 26.4 Å². The second kappa shape index (κ2) is 7.84. The Morgan fingerprint density at radius 1 is 1.33 bits per heavy atom. The summed E-state index contributed by atoms with van der Waals surface area (Å²) < 4.78 is 4.88. The molecular formula is C14H22N2O2. The predicted molar refractivity (Wildman–Crippen MR) is 72.4 cm³/mol. The molecule has 0 heterocycles. The number of benzene rings is 1. The molecule has 4 heteroatoms. The molecule has 0 radical (unpaired) electrons. The van der Waals surface area contributed by atoms with Crippen molar-refractivity contribution in [3.8, 4) is 0 Å². The van der Waals surface area contributed by atoms with Crippen molar-refractivity contribution < 1.29 is 9.53 Å². The van der Waals surface area contributed by atoms with Crippen molar-refractivity contribution in [3.05, 3.63) is 35.4 Å². The summed E-state index contributed by atoms with van der Waals surface area (Å²) >= 11 is 0. The van der Waals surface area contributed by atoms with Gasteiger partial charge in [-0.05, 0) is 19.4 Å². The van der Waals surface area contributed by atoms with Gasteiger partial charge in [0.2, 0.25) is 5.91 Å². The van der Waals surface area contributed by atoms with Crippen LogP contribution in [0.15, 0.2) is 24.3 Å². The van der Waals surface area contributed by atoms with Crippen LogP contribution in [0.5, 0.6) is 0 Å². The molecule has 1 rings (SSSR count). The molecule has 100 valence electrons. The van der Waals surface area contributed by atoms with E-state index in [1.807, 2.05) is 6.92 Å². The number of aryl methyl sites for hydroxylation is 1. The minimum absolute atomic E-state index is 0.000776. The van der Waals surface area contributed by atoms with Crippen LogP contribution in [-0.4, -0.2) is 32.2 Å². The lowest BCUT2D eigenvalue weighted by atomic mass is 10.1. The molecule has 1 amide bonds. The standard InChI is InChI=1S/C14H22N2O2/c1-11-4-6-13(7-5-11)10-16-12(2)14(17)15-8-9-18-3/h4-7,12,16H,8-10H2,1-3H3,(H,15,17). The SMILES string of the molecule is COCCNC(=O)C(C)NCc1ccc(C)cc1. The predicted octanol–water partition coefficient (Wildman–Crippen LogP) is 1.24. The minimum atomic E-state index is -0.205. The summed E-state index contributed by atoms with van der Waals surface area (Å²) in [6.45, 7) is 5.70. The van der Waals surface area contributed by atoms with Crippen LogP contribution in [0.25, 0.3) is 0 Å². The molecule has 0 bridgehead atoms. The number of amides is 1. The first-order valence-corrected chi connectivity index (χ1v) is 6.19. The maximum absolute atomic E-state index is 11.7. The highest BCUT2D eigenvalue weighted by Gasteiger charge is 2.10. The van der Waals surface area contributed by atoms with Crippen LogP contribution in [0.1, 0.15) is 18.1 Å². The number of carbonyl (C=O) groups is 1. The van der Waals surface area contributed by atoms with Crippen LogP contribution in [0, 0.1) is 6.92 Å². The molecule has 1 unspecified atom stereocenters. The van der Waals surface area contributed by atoms with E-state index in [1.165, 1.54) is 11.1 Å². The van der Waals surface area contributed by atoms with Gasteiger partial charge < -0.3 is 15.4 Å². The molecule has 4 nitrogen and oxygen atoms in total. The van der Waals surface area contributed by atoms with Gasteiger partial charge in [0.05, 0.1) is 12.6 Å². The number of methoxy groups -OCH3 is 1. The van der Waals surface area contributed by atoms with Gasteiger partial charge in [0.15, 0.2) is 0 Å². The lowest BCUT2D eigenvalue weighted by Gasteiger charge is -2.14. The number of nitrogens with one attached hydrogen (secondary N) is 2. The van der Waals surface area contributed by atoms with Crippen molar-refractivity contribution in [2.24, 2.45) is 0 Å². The van der Waals surface area contributed by atoms with Crippen LogP contribution in [0.2, 0.25) is 0 Å². The molecule has 1 aromatic carbocycles. The molecule has 2 N–H and O–H groups in total. The van der Waals surface area contributed by atoms with Crippen LogP contribution in [0.3, 0.4) is 0 Å². The summed E-state index contributed by atoms with van der Waals surface area (Å²) in [5.74, 6) is -0.000776. The van der Waals surface area contributed by atoms with Crippen molar-refractivity contribution >= 4 is 5.91 Å². The lowest BCUT2D eigenvalue weighted by Crippen LogP contribution is -2.42. The number of rotatable bonds is 7. The zero-order valence-electron chi connectivity index (χ0n) is 11.3. The highest BCUT2D eigenvalue weighted by molar-refractivity contribution is 5.81. The van der Waals surface area contributed by atoms with Crippen molar-refractivity contribution in [1.82, 2.24) is 10.6 Å². The third-order valence-electron chi connectivity index (χ3n) is 2.73. The molecule has 0 aliphatic heterocycles. The first kappa shape index (κ1) is 14.7. The van der Waals surface area contributed by atoms with Crippen molar-refractivity contribution in [3.63, 3.8) is 0 Å². The Hall–Kier alpha value is -1.39. The monoisotopic (exact) mass is 250 g/mol. The Morgan fingerprint density at radius 3 is 2.61 bits per heavy atom. The Labute approximate surface area is 109 Å². The summed E-state index contributed by atoms with van der Waals surface area (Å²) in [4.78, 5) is 11.7. The fraction of sp³-hybridized carbons (Fsp3) is 0.500. The Kier molecular flexibility index (Phi) is 6.39. The third kappa shape index (κ3) is 5.29. The first-order valence-electron chi connectivity index (χ1n) is 6.19. The van der Waals surface area contributed by atoms with E-state index in [0.717, 1.165) is 0 Å². The molecule has 0 fully saturated rings. The molecule has 0 aliphatic rings. The van der Waals surface area contributed by atoms with E-state index in [4.69, 9.17) is 4.74 Å². The minimum Gasteiger partial charge on any atom is -0.383 e. The highest BCUT2D eigenvalue weighted by Crippen LogP contribution is 2.02. The van der Waals surface area contributed by atoms with Gasteiger partial charge in [-0.3, -0.25) is 4.79 Å². The number of ether oxygens (including phenoxy) is 1. The van der Waals surface area contributed by atoms with E-state index in [9.17, 15) is 4.79 Å². The van der Waals surface area contributed by atoms with Gasteiger partial charge >= 0.3 is 0 Å². The Morgan fingerprint density at radius 2 is 2.00 bits per heavy atom. The second-order valence-electron chi connectivity index (χ2n) is 4.37. The van der Waals surface area contributed by atoms with Crippen LogP contribution < -0.4 is 10.6 Å². The summed E-state index contributed by atoms with van der Waals surface area (Å²) in [7, 11) is 1.62. The van der Waals surface area contributed by atoms with E-state index in [0.29, 0.717) is 19.7 Å². The molecule has 0 aliphatic carbocycles. The first-order chi connectivity index (χ1) is 8.63. The van der Waals surface area contributed by atoms with Gasteiger partial charge in [0.25, 0.3) is 0 Å². The molecule has 0 aromatic heterocycles. The van der Waals surface area contributed by atoms with Gasteiger partial charge in [-0.2, -0.15) is 0 Å². The van der Waals surface area contributed by atoms with Crippen molar-refractivity contribution in [2.75, 3.05) is 20.3 Å². The molecule has 0 spiro atoms. The summed E-state index contributed by atoms with van der Waals surface area (Å²) in [6.07, 6.45) is 0. The maximum Gasteiger partial charge on any atom is 0.236 e. The summed E-state index contributed by atoms with van der Waals surface area (Å²) in [5, 5.41) is 5.99. The van der Waals surface area contributed by atoms with Crippen molar-refractivity contribution in [1.29, 1.82) is 0 Å². The molecule has 1 atom stereocenters. The van der Waals surface area contributed by atoms with Crippen LogP contribution in [0.4, 0.5) is 0 Å². The lowest BCUT2D eigenvalue weighted by molar-refractivity contribution is -0.122. The van der Waals surface area contributed by atoms with E-state index < -0.39 is 0 Å². The number of hydrogen-bond acceptors (Lipinski definition) is 3. The van der Waals surface area contributed by atoms with Gasteiger partial charge in [0, 0.05) is 20.2 Å². The Bertz CT molecular complexity index is 363. The smallest absolute Gasteiger partial charge is 0.236 e. The fourth-order valence-electron chi connectivity index (χ4n) is 1.50. The Balaban J connectivity index is 2.29. The van der Waals surface area contributed by atoms with Gasteiger partial charge in [-0.15, -0.1) is 0 Å². The van der Waals surface area contributed by atoms with Gasteiger partial charge in [-0.1, -0.05) is 29.8 Å². The van der Waals surface area contributed by atoms with Crippen LogP contribution in [-0.2, 0) is 16.1 Å². The molecule has 1 aromatic rings. The van der Waals surface area contributed by atoms with E-state index in [-0.39, 0.29) is 11.9 Å². The zero-order chi connectivity index (χ0) is 13.4. The average molecular weight is 250 g/mol. The van der Waals surface area contributed by atoms with Gasteiger partial charge in [0.1, 0.15) is 0 Å². The molecule has 18 heavy (non-hydrogen) atoms. The van der Waals surface area contributed by atoms with Crippen LogP contribution >= 0.6 is 0 Å². The molecule has 0 saturated carbocycles. The number of hydrogen-bond donors (Lipinski definition) is 2. The zero-order valence-corrected chi connectivity index (χ0v) is 11.3. The van der Waals surface area contributed by atoms with E-state index in [1.54, 1.807) is 7.11 Å². The topological polar surface area (TPSA) is 50.4 Å². The average Bonchev–Trinajstić information content (AvgIpc) is 2.38. The second-order valence-corrected chi connectivity index (χ2v) is 4.37. The third-order valence-corrected chi connectivity index (χ3v) is 2.73. The molecule has 0 saturated heterocycles. The maximum atomic E-state index is 11.7. The fourth-order valence-corrected chi connectivity index (χ4v) is 1.50.